The van der Waals surface area contributed by atoms with Gasteiger partial charge in [-0.05, 0) is 50.2 Å². The van der Waals surface area contributed by atoms with E-state index in [1.54, 1.807) is 12.1 Å². The third-order valence-electron chi connectivity index (χ3n) is 6.39. The zero-order chi connectivity index (χ0) is 29.2. The van der Waals surface area contributed by atoms with Crippen molar-refractivity contribution in [2.75, 3.05) is 44.2 Å². The first-order valence-electron chi connectivity index (χ1n) is 13.3. The standard InChI is InChI=1S/C28H39N4O3S3.Cu.O/c29-38(33,34)25-14-12-23(13-15-25)27-26(35-31-28(27)24-9-5-4-6-10-24)11-7-2-1-3-8-18-32(20-22-37)19-16-30-17-21-36;;/h4-6,9-10,12-15,36-37H,1-3,7-8,11,16-22H2,(H2,29,33,34);;/q-1;;/p-2. The van der Waals surface area contributed by atoms with E-state index in [0.29, 0.717) is 5.75 Å². The Hall–Kier alpha value is -1.50. The van der Waals surface area contributed by atoms with Gasteiger partial charge in [0.05, 0.1) is 10.5 Å². The van der Waals surface area contributed by atoms with Gasteiger partial charge >= 0.3 is 19.8 Å². The second kappa shape index (κ2) is 19.6. The minimum atomic E-state index is -3.76. The van der Waals surface area contributed by atoms with Crippen LogP contribution < -0.4 is 5.14 Å². The van der Waals surface area contributed by atoms with Crippen LogP contribution in [0.3, 0.4) is 0 Å². The van der Waals surface area contributed by atoms with Crippen molar-refractivity contribution in [3.63, 3.8) is 0 Å². The first-order chi connectivity index (χ1) is 19.4. The van der Waals surface area contributed by atoms with Crippen LogP contribution in [0.25, 0.3) is 27.7 Å². The van der Waals surface area contributed by atoms with Gasteiger partial charge in [0.2, 0.25) is 10.0 Å². The van der Waals surface area contributed by atoms with E-state index < -0.39 is 10.0 Å². The van der Waals surface area contributed by atoms with Crippen LogP contribution >= 0.6 is 0 Å². The normalized spacial score (nSPS) is 11.4. The van der Waals surface area contributed by atoms with E-state index >= 15 is 0 Å². The van der Waals surface area contributed by atoms with Crippen LogP contribution in [0.15, 0.2) is 64.0 Å². The Morgan fingerprint density at radius 1 is 0.825 bits per heavy atom. The average Bonchev–Trinajstić information content (AvgIpc) is 3.39. The molecule has 225 valence electrons. The molecular formula is C28H37CuN4O4S3-3. The summed E-state index contributed by atoms with van der Waals surface area (Å²) in [7, 11) is -3.76. The van der Waals surface area contributed by atoms with Crippen LogP contribution in [-0.4, -0.2) is 62.7 Å². The second-order valence-electron chi connectivity index (χ2n) is 9.20. The van der Waals surface area contributed by atoms with Crippen LogP contribution in [-0.2, 0) is 61.5 Å². The summed E-state index contributed by atoms with van der Waals surface area (Å²) in [5.74, 6) is 2.25. The molecule has 0 radical (unpaired) electrons. The Bertz CT molecular complexity index is 1210. The number of benzene rings is 2. The van der Waals surface area contributed by atoms with E-state index in [4.69, 9.17) is 38.8 Å². The molecule has 0 aliphatic carbocycles. The molecule has 0 saturated heterocycles. The van der Waals surface area contributed by atoms with E-state index in [1.807, 2.05) is 30.3 Å². The van der Waals surface area contributed by atoms with Gasteiger partial charge in [0.15, 0.2) is 0 Å². The number of hydrogen-bond acceptors (Lipinski definition) is 8. The van der Waals surface area contributed by atoms with Crippen LogP contribution in [0, 0.1) is 0 Å². The molecule has 0 aliphatic heterocycles. The number of rotatable bonds is 18. The van der Waals surface area contributed by atoms with Gasteiger partial charge in [0.25, 0.3) is 0 Å². The number of aromatic nitrogens is 1. The summed E-state index contributed by atoms with van der Waals surface area (Å²) in [6.45, 7) is 4.55. The Morgan fingerprint density at radius 2 is 1.50 bits per heavy atom. The zero-order valence-electron chi connectivity index (χ0n) is 22.5. The van der Waals surface area contributed by atoms with E-state index in [0.717, 1.165) is 98.7 Å². The topological polar surface area (TPSA) is 121 Å². The van der Waals surface area contributed by atoms with Gasteiger partial charge in [-0.15, -0.1) is 6.54 Å². The Balaban J connectivity index is 0.00000274. The Morgan fingerprint density at radius 3 is 2.15 bits per heavy atom. The number of unbranched alkanes of at least 4 members (excludes halogenated alkanes) is 4. The van der Waals surface area contributed by atoms with Crippen molar-refractivity contribution in [1.82, 2.24) is 10.1 Å². The molecule has 0 atom stereocenters. The monoisotopic (exact) mass is 652 g/mol. The van der Waals surface area contributed by atoms with E-state index in [2.05, 4.69) is 31.3 Å². The first kappa shape index (κ1) is 34.7. The molecule has 40 heavy (non-hydrogen) atoms. The molecule has 2 aromatic carbocycles. The molecule has 1 aromatic heterocycles. The van der Waals surface area contributed by atoms with Crippen LogP contribution in [0.2, 0.25) is 0 Å². The van der Waals surface area contributed by atoms with Crippen LogP contribution in [0.5, 0.6) is 0 Å². The van der Waals surface area contributed by atoms with Crippen molar-refractivity contribution < 1.29 is 32.7 Å². The number of nitrogens with zero attached hydrogens (tertiary/aromatic N) is 3. The number of sulfonamides is 1. The number of primary sulfonamides is 1. The van der Waals surface area contributed by atoms with Gasteiger partial charge in [0.1, 0.15) is 11.5 Å². The van der Waals surface area contributed by atoms with Crippen molar-refractivity contribution in [2.45, 2.75) is 43.4 Å². The Labute approximate surface area is 257 Å². The molecular weight excluding hydrogens is 616 g/mol. The summed E-state index contributed by atoms with van der Waals surface area (Å²) in [6, 6.07) is 16.4. The molecule has 0 fully saturated rings. The number of hydrogen-bond donors (Lipinski definition) is 1. The van der Waals surface area contributed by atoms with E-state index in [1.165, 1.54) is 18.6 Å². The molecule has 8 nitrogen and oxygen atoms in total. The summed E-state index contributed by atoms with van der Waals surface area (Å²) < 4.78 is 37.0. The maximum absolute atomic E-state index is 11.7. The molecule has 3 rings (SSSR count). The van der Waals surface area contributed by atoms with Crippen LogP contribution in [0.4, 0.5) is 0 Å². The maximum atomic E-state index is 11.7. The molecule has 0 bridgehead atoms. The molecule has 2 N–H and O–H groups in total. The van der Waals surface area contributed by atoms with Crippen molar-refractivity contribution in [2.24, 2.45) is 5.14 Å². The van der Waals surface area contributed by atoms with Crippen molar-refractivity contribution in [3.05, 3.63) is 65.7 Å². The van der Waals surface area contributed by atoms with Crippen molar-refractivity contribution >= 4 is 35.3 Å². The van der Waals surface area contributed by atoms with Gasteiger partial charge < -0.3 is 40.0 Å². The fourth-order valence-corrected chi connectivity index (χ4v) is 5.30. The Kier molecular flexibility index (Phi) is 17.0. The van der Waals surface area contributed by atoms with Gasteiger partial charge in [-0.25, -0.2) is 13.6 Å². The molecule has 0 unspecified atom stereocenters. The fourth-order valence-electron chi connectivity index (χ4n) is 4.40. The third-order valence-corrected chi connectivity index (χ3v) is 7.69. The van der Waals surface area contributed by atoms with Gasteiger partial charge in [-0.3, -0.25) is 0 Å². The molecule has 0 saturated carbocycles. The fraction of sp³-hybridized carbons (Fsp3) is 0.464. The van der Waals surface area contributed by atoms with Gasteiger partial charge in [-0.2, -0.15) is 18.1 Å². The third kappa shape index (κ3) is 11.8. The molecule has 12 heteroatoms. The zero-order valence-corrected chi connectivity index (χ0v) is 25.9. The predicted molar refractivity (Wildman–Crippen MR) is 160 cm³/mol. The SMILES string of the molecule is NS(=O)(=O)c1ccc(-c2c(-c3ccccc3)noc2CCCCCCCN(CC[S-])CC[N-]CC[S-])cc1.[O]=[Cu]. The van der Waals surface area contributed by atoms with Gasteiger partial charge in [-0.1, -0.05) is 66.9 Å². The quantitative estimate of drug-likeness (QED) is 0.118. The average molecular weight is 653 g/mol. The molecule has 3 aromatic rings. The number of nitrogens with two attached hydrogens (primary N) is 1. The predicted octanol–water partition coefficient (Wildman–Crippen LogP) is 4.80. The molecule has 0 aliphatic rings. The molecule has 1 heterocycles. The van der Waals surface area contributed by atoms with Crippen molar-refractivity contribution in [3.8, 4) is 22.4 Å². The summed E-state index contributed by atoms with van der Waals surface area (Å²) in [5, 5.41) is 14.1. The summed E-state index contributed by atoms with van der Waals surface area (Å²) in [4.78, 5) is 2.49. The molecule has 0 spiro atoms. The second-order valence-corrected chi connectivity index (χ2v) is 11.6. The molecule has 0 amide bonds. The van der Waals surface area contributed by atoms with E-state index in [-0.39, 0.29) is 4.90 Å². The first-order valence-corrected chi connectivity index (χ1v) is 16.3. The summed E-state index contributed by atoms with van der Waals surface area (Å²) in [6.07, 6.45) is 6.32. The van der Waals surface area contributed by atoms with Crippen molar-refractivity contribution in [1.29, 1.82) is 0 Å². The van der Waals surface area contributed by atoms with Crippen LogP contribution in [0.1, 0.15) is 37.9 Å². The minimum absolute atomic E-state index is 0.0812. The summed E-state index contributed by atoms with van der Waals surface area (Å²) >= 11 is 13.1. The summed E-state index contributed by atoms with van der Waals surface area (Å²) in [5.41, 5.74) is 3.46. The van der Waals surface area contributed by atoms with Gasteiger partial charge in [0, 0.05) is 12.0 Å². The van der Waals surface area contributed by atoms with E-state index in [9.17, 15) is 8.42 Å². The number of aryl methyl sites for hydroxylation is 1.